The van der Waals surface area contributed by atoms with Crippen LogP contribution in [0.4, 0.5) is 4.39 Å². The summed E-state index contributed by atoms with van der Waals surface area (Å²) in [6.07, 6.45) is 1.25. The average Bonchev–Trinajstić information content (AvgIpc) is 2.12. The summed E-state index contributed by atoms with van der Waals surface area (Å²) in [6, 6.07) is 3.32. The van der Waals surface area contributed by atoms with E-state index in [2.05, 4.69) is 0 Å². The van der Waals surface area contributed by atoms with E-state index < -0.39 is 15.9 Å². The lowest BCUT2D eigenvalue weighted by atomic mass is 10.3. The van der Waals surface area contributed by atoms with E-state index in [-0.39, 0.29) is 16.5 Å². The van der Waals surface area contributed by atoms with Crippen molar-refractivity contribution in [2.24, 2.45) is 0 Å². The Morgan fingerprint density at radius 1 is 1.38 bits per heavy atom. The summed E-state index contributed by atoms with van der Waals surface area (Å²) in [7, 11) is -3.66. The van der Waals surface area contributed by atoms with E-state index in [1.54, 1.807) is 0 Å². The van der Waals surface area contributed by atoms with Crippen LogP contribution in [0.2, 0.25) is 5.02 Å². The molecule has 0 N–H and O–H groups in total. The fraction of sp³-hybridized carbons (Fsp3) is 0.400. The number of benzene rings is 1. The zero-order chi connectivity index (χ0) is 12.2. The molecule has 0 aliphatic heterocycles. The SMILES string of the molecule is CCCCS(=O)(=O)Oc1cc(F)cc(Cl)c1. The summed E-state index contributed by atoms with van der Waals surface area (Å²) < 4.78 is 40.4. The van der Waals surface area contributed by atoms with E-state index >= 15 is 0 Å². The van der Waals surface area contributed by atoms with Crippen LogP contribution in [0.5, 0.6) is 5.75 Å². The molecule has 16 heavy (non-hydrogen) atoms. The van der Waals surface area contributed by atoms with Gasteiger partial charge in [0.2, 0.25) is 0 Å². The van der Waals surface area contributed by atoms with Gasteiger partial charge < -0.3 is 4.18 Å². The molecule has 0 atom stereocenters. The molecule has 1 rings (SSSR count). The van der Waals surface area contributed by atoms with Crippen LogP contribution in [-0.2, 0) is 10.1 Å². The maximum absolute atomic E-state index is 12.9. The number of rotatable bonds is 5. The Kier molecular flexibility index (Phi) is 4.56. The van der Waals surface area contributed by atoms with Crippen LogP contribution in [0.3, 0.4) is 0 Å². The molecule has 0 bridgehead atoms. The number of hydrogen-bond acceptors (Lipinski definition) is 3. The Morgan fingerprint density at radius 2 is 2.06 bits per heavy atom. The Morgan fingerprint density at radius 3 is 2.62 bits per heavy atom. The second-order valence-corrected chi connectivity index (χ2v) is 5.43. The quantitative estimate of drug-likeness (QED) is 0.770. The topological polar surface area (TPSA) is 43.4 Å². The van der Waals surface area contributed by atoms with Crippen LogP contribution < -0.4 is 4.18 Å². The largest absolute Gasteiger partial charge is 0.382 e. The highest BCUT2D eigenvalue weighted by Gasteiger charge is 2.13. The van der Waals surface area contributed by atoms with Gasteiger partial charge in [0.05, 0.1) is 5.75 Å². The summed E-state index contributed by atoms with van der Waals surface area (Å²) in [4.78, 5) is 0. The van der Waals surface area contributed by atoms with Crippen molar-refractivity contribution >= 4 is 21.7 Å². The third-order valence-corrected chi connectivity index (χ3v) is 3.26. The number of hydrogen-bond donors (Lipinski definition) is 0. The molecule has 0 amide bonds. The first-order valence-electron chi connectivity index (χ1n) is 4.81. The number of unbranched alkanes of at least 4 members (excludes halogenated alkanes) is 1. The van der Waals surface area contributed by atoms with Gasteiger partial charge in [-0.15, -0.1) is 0 Å². The summed E-state index contributed by atoms with van der Waals surface area (Å²) in [5.41, 5.74) is 0. The average molecular weight is 267 g/mol. The van der Waals surface area contributed by atoms with Gasteiger partial charge in [0, 0.05) is 17.2 Å². The molecule has 0 heterocycles. The van der Waals surface area contributed by atoms with Crippen LogP contribution in [0.25, 0.3) is 0 Å². The van der Waals surface area contributed by atoms with Crippen molar-refractivity contribution in [2.45, 2.75) is 19.8 Å². The van der Waals surface area contributed by atoms with E-state index in [4.69, 9.17) is 15.8 Å². The first-order valence-corrected chi connectivity index (χ1v) is 6.77. The lowest BCUT2D eigenvalue weighted by Gasteiger charge is -2.06. The van der Waals surface area contributed by atoms with Gasteiger partial charge in [-0.05, 0) is 12.5 Å². The van der Waals surface area contributed by atoms with Crippen LogP contribution in [0.15, 0.2) is 18.2 Å². The molecule has 0 fully saturated rings. The van der Waals surface area contributed by atoms with Crippen molar-refractivity contribution in [1.29, 1.82) is 0 Å². The molecule has 0 aliphatic rings. The number of halogens is 2. The minimum absolute atomic E-state index is 0.0857. The third kappa shape index (κ3) is 4.37. The van der Waals surface area contributed by atoms with E-state index in [1.165, 1.54) is 6.07 Å². The van der Waals surface area contributed by atoms with Gasteiger partial charge in [-0.1, -0.05) is 24.9 Å². The highest BCUT2D eigenvalue weighted by Crippen LogP contribution is 2.21. The Bertz CT molecular complexity index is 439. The van der Waals surface area contributed by atoms with Gasteiger partial charge in [-0.2, -0.15) is 8.42 Å². The Balaban J connectivity index is 2.80. The van der Waals surface area contributed by atoms with Crippen molar-refractivity contribution in [2.75, 3.05) is 5.75 Å². The highest BCUT2D eigenvalue weighted by molar-refractivity contribution is 7.87. The van der Waals surface area contributed by atoms with Crippen LogP contribution in [0.1, 0.15) is 19.8 Å². The molecule has 0 radical (unpaired) electrons. The molecule has 1 aromatic carbocycles. The minimum atomic E-state index is -3.66. The summed E-state index contributed by atoms with van der Waals surface area (Å²) in [5, 5.41) is 0.0979. The molecule has 0 spiro atoms. The van der Waals surface area contributed by atoms with Gasteiger partial charge in [-0.3, -0.25) is 0 Å². The molecule has 90 valence electrons. The van der Waals surface area contributed by atoms with Gasteiger partial charge in [0.25, 0.3) is 0 Å². The van der Waals surface area contributed by atoms with Gasteiger partial charge >= 0.3 is 10.1 Å². The predicted octanol–water partition coefficient (Wildman–Crippen LogP) is 2.99. The van der Waals surface area contributed by atoms with Crippen molar-refractivity contribution in [3.8, 4) is 5.75 Å². The van der Waals surface area contributed by atoms with E-state index in [1.807, 2.05) is 6.92 Å². The zero-order valence-corrected chi connectivity index (χ0v) is 10.3. The first kappa shape index (κ1) is 13.3. The van der Waals surface area contributed by atoms with E-state index in [0.29, 0.717) is 6.42 Å². The molecule has 0 aliphatic carbocycles. The maximum atomic E-state index is 12.9. The smallest absolute Gasteiger partial charge is 0.309 e. The third-order valence-electron chi connectivity index (χ3n) is 1.81. The summed E-state index contributed by atoms with van der Waals surface area (Å²) in [6.45, 7) is 1.87. The fourth-order valence-corrected chi connectivity index (χ4v) is 2.41. The molecule has 0 unspecified atom stereocenters. The molecular weight excluding hydrogens is 255 g/mol. The Labute approximate surface area is 99.3 Å². The molecular formula is C10H12ClFO3S. The summed E-state index contributed by atoms with van der Waals surface area (Å²) in [5.74, 6) is -0.813. The van der Waals surface area contributed by atoms with Gasteiger partial charge in [-0.25, -0.2) is 4.39 Å². The molecule has 1 aromatic rings. The lowest BCUT2D eigenvalue weighted by molar-refractivity contribution is 0.481. The zero-order valence-electron chi connectivity index (χ0n) is 8.74. The van der Waals surface area contributed by atoms with Crippen LogP contribution in [0, 0.1) is 5.82 Å². The van der Waals surface area contributed by atoms with E-state index in [9.17, 15) is 12.8 Å². The highest BCUT2D eigenvalue weighted by atomic mass is 35.5. The normalized spacial score (nSPS) is 11.4. The maximum Gasteiger partial charge on any atom is 0.309 e. The van der Waals surface area contributed by atoms with Crippen molar-refractivity contribution in [3.63, 3.8) is 0 Å². The van der Waals surface area contributed by atoms with Gasteiger partial charge in [0.1, 0.15) is 11.6 Å². The molecule has 6 heteroatoms. The second kappa shape index (κ2) is 5.50. The van der Waals surface area contributed by atoms with E-state index in [0.717, 1.165) is 18.6 Å². The minimum Gasteiger partial charge on any atom is -0.382 e. The fourth-order valence-electron chi connectivity index (χ4n) is 1.09. The van der Waals surface area contributed by atoms with Crippen LogP contribution >= 0.6 is 11.6 Å². The van der Waals surface area contributed by atoms with Gasteiger partial charge in [0.15, 0.2) is 0 Å². The van der Waals surface area contributed by atoms with Crippen LogP contribution in [-0.4, -0.2) is 14.2 Å². The van der Waals surface area contributed by atoms with Crippen molar-refractivity contribution in [3.05, 3.63) is 29.0 Å². The Hall–Kier alpha value is -0.810. The summed E-state index contributed by atoms with van der Waals surface area (Å²) >= 11 is 5.57. The van der Waals surface area contributed by atoms with Crippen molar-refractivity contribution in [1.82, 2.24) is 0 Å². The molecule has 0 aromatic heterocycles. The standard InChI is InChI=1S/C10H12ClFO3S/c1-2-3-4-16(13,14)15-10-6-8(11)5-9(12)7-10/h5-7H,2-4H2,1H3. The second-order valence-electron chi connectivity index (χ2n) is 3.30. The molecule has 3 nitrogen and oxygen atoms in total. The lowest BCUT2D eigenvalue weighted by Crippen LogP contribution is -2.13. The molecule has 0 saturated heterocycles. The predicted molar refractivity (Wildman–Crippen MR) is 60.7 cm³/mol. The first-order chi connectivity index (χ1) is 7.43. The van der Waals surface area contributed by atoms with Crippen molar-refractivity contribution < 1.29 is 17.0 Å². The monoisotopic (exact) mass is 266 g/mol. The molecule has 0 saturated carbocycles.